The normalized spacial score (nSPS) is 10.6. The van der Waals surface area contributed by atoms with Crippen LogP contribution in [-0.2, 0) is 13.0 Å². The molecule has 2 aromatic heterocycles. The zero-order valence-corrected chi connectivity index (χ0v) is 10.00. The molecule has 3 N–H and O–H groups in total. The van der Waals surface area contributed by atoms with E-state index in [2.05, 4.69) is 26.9 Å². The molecule has 0 aliphatic heterocycles. The van der Waals surface area contributed by atoms with Gasteiger partial charge < -0.3 is 4.57 Å². The third-order valence-electron chi connectivity index (χ3n) is 2.28. The fraction of sp³-hybridized carbons (Fsp3) is 0.400. The van der Waals surface area contributed by atoms with Crippen LogP contribution in [0.25, 0.3) is 0 Å². The summed E-state index contributed by atoms with van der Waals surface area (Å²) < 4.78 is 2.15. The number of anilines is 1. The van der Waals surface area contributed by atoms with Crippen LogP contribution in [-0.4, -0.2) is 14.5 Å². The highest BCUT2D eigenvalue weighted by Gasteiger charge is 2.05. The average Bonchev–Trinajstić information content (AvgIpc) is 2.90. The molecule has 0 fully saturated rings. The first-order chi connectivity index (χ1) is 7.83. The van der Waals surface area contributed by atoms with E-state index in [4.69, 9.17) is 5.84 Å². The average molecular weight is 237 g/mol. The van der Waals surface area contributed by atoms with Crippen LogP contribution < -0.4 is 11.3 Å². The number of nitrogen functional groups attached to an aromatic ring is 1. The zero-order valence-electron chi connectivity index (χ0n) is 9.18. The third kappa shape index (κ3) is 2.40. The van der Waals surface area contributed by atoms with Gasteiger partial charge in [-0.3, -0.25) is 5.43 Å². The van der Waals surface area contributed by atoms with Gasteiger partial charge in [0.05, 0.1) is 6.54 Å². The Kier molecular flexibility index (Phi) is 3.53. The highest BCUT2D eigenvalue weighted by atomic mass is 32.1. The van der Waals surface area contributed by atoms with E-state index < -0.39 is 0 Å². The second kappa shape index (κ2) is 5.09. The second-order valence-corrected chi connectivity index (χ2v) is 4.61. The first-order valence-electron chi connectivity index (χ1n) is 5.24. The summed E-state index contributed by atoms with van der Waals surface area (Å²) >= 11 is 1.56. The molecule has 0 aliphatic carbocycles. The summed E-state index contributed by atoms with van der Waals surface area (Å²) in [4.78, 5) is 9.65. The van der Waals surface area contributed by atoms with Crippen molar-refractivity contribution in [3.05, 3.63) is 29.3 Å². The lowest BCUT2D eigenvalue weighted by atomic mass is 10.3. The molecule has 2 rings (SSSR count). The van der Waals surface area contributed by atoms with Crippen molar-refractivity contribution in [2.75, 3.05) is 5.43 Å². The number of hydrogen-bond acceptors (Lipinski definition) is 5. The SMILES string of the molecule is CCCc1nccn1Cc1cnc(NN)s1. The highest BCUT2D eigenvalue weighted by molar-refractivity contribution is 7.15. The maximum Gasteiger partial charge on any atom is 0.197 e. The van der Waals surface area contributed by atoms with Gasteiger partial charge in [-0.2, -0.15) is 0 Å². The van der Waals surface area contributed by atoms with Crippen molar-refractivity contribution in [2.24, 2.45) is 5.84 Å². The summed E-state index contributed by atoms with van der Waals surface area (Å²) in [6.45, 7) is 2.97. The number of nitrogens with two attached hydrogens (primary N) is 1. The molecule has 0 radical (unpaired) electrons. The van der Waals surface area contributed by atoms with Gasteiger partial charge in [0.1, 0.15) is 5.82 Å². The first kappa shape index (κ1) is 11.1. The van der Waals surface area contributed by atoms with Gasteiger partial charge in [0.2, 0.25) is 0 Å². The minimum atomic E-state index is 0.743. The number of rotatable bonds is 5. The number of imidazole rings is 1. The molecule has 0 spiro atoms. The van der Waals surface area contributed by atoms with E-state index in [-0.39, 0.29) is 0 Å². The van der Waals surface area contributed by atoms with Crippen LogP contribution in [0.3, 0.4) is 0 Å². The summed E-state index contributed by atoms with van der Waals surface area (Å²) in [6.07, 6.45) is 7.80. The van der Waals surface area contributed by atoms with E-state index in [9.17, 15) is 0 Å². The van der Waals surface area contributed by atoms with Crippen molar-refractivity contribution >= 4 is 16.5 Å². The first-order valence-corrected chi connectivity index (χ1v) is 6.06. The van der Waals surface area contributed by atoms with Crippen LogP contribution in [0.15, 0.2) is 18.6 Å². The van der Waals surface area contributed by atoms with Crippen LogP contribution in [0.4, 0.5) is 5.13 Å². The number of hydrazine groups is 1. The van der Waals surface area contributed by atoms with Crippen molar-refractivity contribution in [1.82, 2.24) is 14.5 Å². The Hall–Kier alpha value is -1.40. The standard InChI is InChI=1S/C10H15N5S/c1-2-3-9-12-4-5-15(9)7-8-6-13-10(14-11)16-8/h4-6H,2-3,7,11H2,1H3,(H,13,14). The van der Waals surface area contributed by atoms with E-state index in [1.807, 2.05) is 18.6 Å². The Labute approximate surface area is 98.3 Å². The lowest BCUT2D eigenvalue weighted by Crippen LogP contribution is -2.05. The lowest BCUT2D eigenvalue weighted by Gasteiger charge is -2.04. The third-order valence-corrected chi connectivity index (χ3v) is 3.19. The predicted molar refractivity (Wildman–Crippen MR) is 65.2 cm³/mol. The largest absolute Gasteiger partial charge is 0.330 e. The molecule has 0 saturated carbocycles. The van der Waals surface area contributed by atoms with E-state index in [0.717, 1.165) is 30.3 Å². The quantitative estimate of drug-likeness (QED) is 0.612. The fourth-order valence-electron chi connectivity index (χ4n) is 1.55. The van der Waals surface area contributed by atoms with Gasteiger partial charge >= 0.3 is 0 Å². The Balaban J connectivity index is 2.10. The molecular weight excluding hydrogens is 222 g/mol. The smallest absolute Gasteiger partial charge is 0.197 e. The molecule has 86 valence electrons. The molecule has 0 aromatic carbocycles. The van der Waals surface area contributed by atoms with Crippen molar-refractivity contribution in [2.45, 2.75) is 26.3 Å². The van der Waals surface area contributed by atoms with Crippen LogP contribution >= 0.6 is 11.3 Å². The van der Waals surface area contributed by atoms with Crippen molar-refractivity contribution in [3.8, 4) is 0 Å². The Morgan fingerprint density at radius 3 is 3.06 bits per heavy atom. The van der Waals surface area contributed by atoms with Crippen LogP contribution in [0.1, 0.15) is 24.0 Å². The van der Waals surface area contributed by atoms with Gasteiger partial charge in [0.25, 0.3) is 0 Å². The van der Waals surface area contributed by atoms with Crippen LogP contribution in [0.5, 0.6) is 0 Å². The number of nitrogens with zero attached hydrogens (tertiary/aromatic N) is 3. The number of nitrogens with one attached hydrogen (secondary N) is 1. The zero-order chi connectivity index (χ0) is 11.4. The molecule has 5 nitrogen and oxygen atoms in total. The Morgan fingerprint density at radius 1 is 1.50 bits per heavy atom. The Bertz CT molecular complexity index is 448. The Morgan fingerprint density at radius 2 is 2.38 bits per heavy atom. The van der Waals surface area contributed by atoms with Gasteiger partial charge in [0, 0.05) is 29.9 Å². The maximum absolute atomic E-state index is 5.29. The van der Waals surface area contributed by atoms with Gasteiger partial charge in [-0.1, -0.05) is 18.3 Å². The van der Waals surface area contributed by atoms with Crippen molar-refractivity contribution in [3.63, 3.8) is 0 Å². The number of aromatic nitrogens is 3. The molecule has 2 aromatic rings. The van der Waals surface area contributed by atoms with E-state index in [0.29, 0.717) is 0 Å². The molecule has 2 heterocycles. The summed E-state index contributed by atoms with van der Waals surface area (Å²) in [5, 5.41) is 0.743. The predicted octanol–water partition coefficient (Wildman–Crippen LogP) is 1.63. The van der Waals surface area contributed by atoms with Gasteiger partial charge in [-0.15, -0.1) is 0 Å². The minimum Gasteiger partial charge on any atom is -0.330 e. The van der Waals surface area contributed by atoms with E-state index >= 15 is 0 Å². The topological polar surface area (TPSA) is 68.8 Å². The summed E-state index contributed by atoms with van der Waals surface area (Å²) in [5.74, 6) is 6.42. The summed E-state index contributed by atoms with van der Waals surface area (Å²) in [5.41, 5.74) is 2.55. The van der Waals surface area contributed by atoms with Crippen molar-refractivity contribution in [1.29, 1.82) is 0 Å². The molecule has 0 saturated heterocycles. The molecular formula is C10H15N5S. The molecule has 0 amide bonds. The fourth-order valence-corrected chi connectivity index (χ4v) is 2.27. The molecule has 16 heavy (non-hydrogen) atoms. The molecule has 0 bridgehead atoms. The van der Waals surface area contributed by atoms with Gasteiger partial charge in [-0.05, 0) is 6.42 Å². The maximum atomic E-state index is 5.29. The van der Waals surface area contributed by atoms with Crippen molar-refractivity contribution < 1.29 is 0 Å². The van der Waals surface area contributed by atoms with Gasteiger partial charge in [0.15, 0.2) is 5.13 Å². The molecule has 0 aliphatic rings. The molecule has 0 unspecified atom stereocenters. The minimum absolute atomic E-state index is 0.743. The van der Waals surface area contributed by atoms with Crippen LogP contribution in [0, 0.1) is 0 Å². The van der Waals surface area contributed by atoms with E-state index in [1.54, 1.807) is 11.3 Å². The number of thiazole rings is 1. The lowest BCUT2D eigenvalue weighted by molar-refractivity contribution is 0.710. The second-order valence-electron chi connectivity index (χ2n) is 3.50. The van der Waals surface area contributed by atoms with E-state index in [1.165, 1.54) is 4.88 Å². The number of hydrogen-bond donors (Lipinski definition) is 2. The highest BCUT2D eigenvalue weighted by Crippen LogP contribution is 2.18. The van der Waals surface area contributed by atoms with Crippen LogP contribution in [0.2, 0.25) is 0 Å². The van der Waals surface area contributed by atoms with Gasteiger partial charge in [-0.25, -0.2) is 15.8 Å². The molecule has 6 heteroatoms. The number of aryl methyl sites for hydroxylation is 1. The summed E-state index contributed by atoms with van der Waals surface area (Å²) in [6, 6.07) is 0. The monoisotopic (exact) mass is 237 g/mol. The summed E-state index contributed by atoms with van der Waals surface area (Å²) in [7, 11) is 0. The molecule has 0 atom stereocenters.